The van der Waals surface area contributed by atoms with Gasteiger partial charge in [0.25, 0.3) is 0 Å². The van der Waals surface area contributed by atoms with Gasteiger partial charge in [-0.25, -0.2) is 0 Å². The Labute approximate surface area is 117 Å². The van der Waals surface area contributed by atoms with Crippen molar-refractivity contribution in [2.75, 3.05) is 13.1 Å². The van der Waals surface area contributed by atoms with E-state index < -0.39 is 5.97 Å². The molecule has 1 heterocycles. The zero-order chi connectivity index (χ0) is 13.8. The molecule has 2 rings (SSSR count). The second kappa shape index (κ2) is 6.05. The van der Waals surface area contributed by atoms with Gasteiger partial charge in [0.1, 0.15) is 0 Å². The zero-order valence-corrected chi connectivity index (χ0v) is 11.2. The molecular weight excluding hydrogens is 264 g/mol. The first-order chi connectivity index (χ1) is 9.10. The minimum Gasteiger partial charge on any atom is -0.481 e. The van der Waals surface area contributed by atoms with Crippen LogP contribution in [0.15, 0.2) is 18.2 Å². The van der Waals surface area contributed by atoms with Gasteiger partial charge in [0.15, 0.2) is 0 Å². The Morgan fingerprint density at radius 2 is 2.16 bits per heavy atom. The Balaban J connectivity index is 1.96. The van der Waals surface area contributed by atoms with Gasteiger partial charge >= 0.3 is 5.97 Å². The van der Waals surface area contributed by atoms with Crippen LogP contribution in [0, 0.1) is 17.2 Å². The predicted molar refractivity (Wildman–Crippen MR) is 71.8 cm³/mol. The van der Waals surface area contributed by atoms with Crippen molar-refractivity contribution in [3.8, 4) is 6.07 Å². The highest BCUT2D eigenvalue weighted by Gasteiger charge is 2.24. The van der Waals surface area contributed by atoms with E-state index in [0.717, 1.165) is 18.7 Å². The SMILES string of the molecule is N#Cc1ccc(CN2CCC(C(=O)O)CC2)c(Cl)c1. The summed E-state index contributed by atoms with van der Waals surface area (Å²) in [5.41, 5.74) is 1.53. The minimum atomic E-state index is -0.698. The van der Waals surface area contributed by atoms with E-state index in [1.807, 2.05) is 6.07 Å². The van der Waals surface area contributed by atoms with Crippen LogP contribution in [0.25, 0.3) is 0 Å². The topological polar surface area (TPSA) is 64.3 Å². The molecule has 1 aliphatic rings. The Morgan fingerprint density at radius 1 is 1.47 bits per heavy atom. The van der Waals surface area contributed by atoms with Crippen LogP contribution in [0.3, 0.4) is 0 Å². The van der Waals surface area contributed by atoms with Gasteiger partial charge in [0, 0.05) is 11.6 Å². The fraction of sp³-hybridized carbons (Fsp3) is 0.429. The summed E-state index contributed by atoms with van der Waals surface area (Å²) in [5.74, 6) is -0.913. The lowest BCUT2D eigenvalue weighted by Gasteiger charge is -2.30. The molecule has 0 bridgehead atoms. The number of likely N-dealkylation sites (tertiary alicyclic amines) is 1. The minimum absolute atomic E-state index is 0.215. The fourth-order valence-electron chi connectivity index (χ4n) is 2.32. The lowest BCUT2D eigenvalue weighted by atomic mass is 9.97. The molecule has 0 aromatic heterocycles. The lowest BCUT2D eigenvalue weighted by Crippen LogP contribution is -2.35. The second-order valence-corrected chi connectivity index (χ2v) is 5.21. The highest BCUT2D eigenvalue weighted by molar-refractivity contribution is 6.31. The van der Waals surface area contributed by atoms with Crippen molar-refractivity contribution in [3.05, 3.63) is 34.3 Å². The quantitative estimate of drug-likeness (QED) is 0.923. The summed E-state index contributed by atoms with van der Waals surface area (Å²) in [6.45, 7) is 2.25. The summed E-state index contributed by atoms with van der Waals surface area (Å²) in [7, 11) is 0. The molecule has 4 nitrogen and oxygen atoms in total. The molecule has 5 heteroatoms. The van der Waals surface area contributed by atoms with Crippen LogP contribution >= 0.6 is 11.6 Å². The van der Waals surface area contributed by atoms with Crippen LogP contribution in [0.5, 0.6) is 0 Å². The zero-order valence-electron chi connectivity index (χ0n) is 10.5. The smallest absolute Gasteiger partial charge is 0.306 e. The van der Waals surface area contributed by atoms with Gasteiger partial charge in [-0.3, -0.25) is 9.69 Å². The maximum atomic E-state index is 10.9. The van der Waals surface area contributed by atoms with Gasteiger partial charge in [-0.15, -0.1) is 0 Å². The molecule has 1 N–H and O–H groups in total. The van der Waals surface area contributed by atoms with Gasteiger partial charge in [-0.05, 0) is 43.6 Å². The van der Waals surface area contributed by atoms with E-state index in [1.165, 1.54) is 0 Å². The molecular formula is C14H15ClN2O2. The van der Waals surface area contributed by atoms with Gasteiger partial charge < -0.3 is 5.11 Å². The first-order valence-corrected chi connectivity index (χ1v) is 6.61. The van der Waals surface area contributed by atoms with Crippen LogP contribution in [-0.4, -0.2) is 29.1 Å². The van der Waals surface area contributed by atoms with Crippen molar-refractivity contribution in [2.45, 2.75) is 19.4 Å². The Kier molecular flexibility index (Phi) is 4.41. The summed E-state index contributed by atoms with van der Waals surface area (Å²) in [4.78, 5) is 13.1. The van der Waals surface area contributed by atoms with Gasteiger partial charge in [0.05, 0.1) is 17.6 Å². The number of halogens is 1. The average Bonchev–Trinajstić information content (AvgIpc) is 2.41. The molecule has 1 aromatic rings. The number of carbonyl (C=O) groups is 1. The normalized spacial score (nSPS) is 17.1. The van der Waals surface area contributed by atoms with E-state index in [4.69, 9.17) is 22.0 Å². The summed E-state index contributed by atoms with van der Waals surface area (Å²) < 4.78 is 0. The molecule has 1 aromatic carbocycles. The van der Waals surface area contributed by atoms with Crippen molar-refractivity contribution in [1.29, 1.82) is 5.26 Å². The van der Waals surface area contributed by atoms with Gasteiger partial charge in [0.2, 0.25) is 0 Å². The van der Waals surface area contributed by atoms with E-state index in [9.17, 15) is 4.79 Å². The average molecular weight is 279 g/mol. The number of carboxylic acids is 1. The molecule has 19 heavy (non-hydrogen) atoms. The van der Waals surface area contributed by atoms with Crippen molar-refractivity contribution in [1.82, 2.24) is 4.90 Å². The molecule has 100 valence electrons. The molecule has 0 amide bonds. The first-order valence-electron chi connectivity index (χ1n) is 6.24. The van der Waals surface area contributed by atoms with Crippen molar-refractivity contribution in [2.24, 2.45) is 5.92 Å². The number of hydrogen-bond acceptors (Lipinski definition) is 3. The molecule has 0 aliphatic carbocycles. The van der Waals surface area contributed by atoms with E-state index in [-0.39, 0.29) is 5.92 Å². The van der Waals surface area contributed by atoms with Crippen LogP contribution in [0.2, 0.25) is 5.02 Å². The van der Waals surface area contributed by atoms with Gasteiger partial charge in [-0.1, -0.05) is 17.7 Å². The Hall–Kier alpha value is -1.57. The fourth-order valence-corrected chi connectivity index (χ4v) is 2.56. The number of rotatable bonds is 3. The molecule has 1 saturated heterocycles. The number of nitriles is 1. The summed E-state index contributed by atoms with van der Waals surface area (Å²) in [6.07, 6.45) is 1.37. The number of hydrogen-bond donors (Lipinski definition) is 1. The van der Waals surface area contributed by atoms with Crippen molar-refractivity contribution < 1.29 is 9.90 Å². The molecule has 0 saturated carbocycles. The lowest BCUT2D eigenvalue weighted by molar-refractivity contribution is -0.143. The Bertz CT molecular complexity index is 517. The molecule has 1 aliphatic heterocycles. The number of aliphatic carboxylic acids is 1. The van der Waals surface area contributed by atoms with Gasteiger partial charge in [-0.2, -0.15) is 5.26 Å². The van der Waals surface area contributed by atoms with Crippen molar-refractivity contribution >= 4 is 17.6 Å². The second-order valence-electron chi connectivity index (χ2n) is 4.81. The number of nitrogens with zero attached hydrogens (tertiary/aromatic N) is 2. The van der Waals surface area contributed by atoms with E-state index in [1.54, 1.807) is 12.1 Å². The summed E-state index contributed by atoms with van der Waals surface area (Å²) >= 11 is 6.13. The monoisotopic (exact) mass is 278 g/mol. The first kappa shape index (κ1) is 13.9. The maximum Gasteiger partial charge on any atom is 0.306 e. The molecule has 0 spiro atoms. The van der Waals surface area contributed by atoms with Crippen LogP contribution in [-0.2, 0) is 11.3 Å². The Morgan fingerprint density at radius 3 is 2.68 bits per heavy atom. The maximum absolute atomic E-state index is 10.9. The molecule has 1 fully saturated rings. The predicted octanol–water partition coefficient (Wildman–Crippen LogP) is 2.51. The van der Waals surface area contributed by atoms with E-state index in [0.29, 0.717) is 30.0 Å². The molecule has 0 atom stereocenters. The third kappa shape index (κ3) is 3.46. The van der Waals surface area contributed by atoms with Crippen LogP contribution < -0.4 is 0 Å². The third-order valence-corrected chi connectivity index (χ3v) is 3.86. The van der Waals surface area contributed by atoms with Crippen LogP contribution in [0.4, 0.5) is 0 Å². The number of carboxylic acid groups (broad SMARTS) is 1. The van der Waals surface area contributed by atoms with E-state index in [2.05, 4.69) is 11.0 Å². The highest BCUT2D eigenvalue weighted by Crippen LogP contribution is 2.23. The largest absolute Gasteiger partial charge is 0.481 e. The van der Waals surface area contributed by atoms with Crippen LogP contribution in [0.1, 0.15) is 24.0 Å². The van der Waals surface area contributed by atoms with Crippen molar-refractivity contribution in [3.63, 3.8) is 0 Å². The standard InChI is InChI=1S/C14H15ClN2O2/c15-13-7-10(8-16)1-2-12(13)9-17-5-3-11(4-6-17)14(18)19/h1-2,7,11H,3-6,9H2,(H,18,19). The van der Waals surface area contributed by atoms with E-state index >= 15 is 0 Å². The third-order valence-electron chi connectivity index (χ3n) is 3.51. The molecule has 0 unspecified atom stereocenters. The number of piperidine rings is 1. The summed E-state index contributed by atoms with van der Waals surface area (Å²) in [5, 5.41) is 18.3. The number of benzene rings is 1. The highest BCUT2D eigenvalue weighted by atomic mass is 35.5. The summed E-state index contributed by atoms with van der Waals surface area (Å²) in [6, 6.07) is 7.34. The molecule has 0 radical (unpaired) electrons.